The van der Waals surface area contributed by atoms with Crippen molar-refractivity contribution >= 4 is 11.7 Å². The van der Waals surface area contributed by atoms with Crippen molar-refractivity contribution in [3.63, 3.8) is 0 Å². The summed E-state index contributed by atoms with van der Waals surface area (Å²) in [4.78, 5) is 21.7. The number of rotatable bonds is 3. The van der Waals surface area contributed by atoms with E-state index in [2.05, 4.69) is 10.1 Å². The number of carbonyl (C=O) groups excluding carboxylic acids is 1. The summed E-state index contributed by atoms with van der Waals surface area (Å²) in [6.45, 7) is 0. The lowest BCUT2D eigenvalue weighted by Gasteiger charge is -2.23. The van der Waals surface area contributed by atoms with Gasteiger partial charge in [0.1, 0.15) is 5.82 Å². The molecule has 1 atom stereocenters. The fourth-order valence-electron chi connectivity index (χ4n) is 2.40. The number of oxime groups is 1. The third-order valence-electron chi connectivity index (χ3n) is 3.57. The van der Waals surface area contributed by atoms with Crippen LogP contribution in [-0.4, -0.2) is 23.8 Å². The molecule has 5 nitrogen and oxygen atoms in total. The first-order chi connectivity index (χ1) is 10.7. The van der Waals surface area contributed by atoms with Crippen molar-refractivity contribution in [1.82, 2.24) is 4.98 Å². The molecule has 1 aliphatic heterocycles. The summed E-state index contributed by atoms with van der Waals surface area (Å²) >= 11 is 0. The monoisotopic (exact) mass is 300 g/mol. The van der Waals surface area contributed by atoms with Gasteiger partial charge in [0, 0.05) is 23.5 Å². The molecule has 1 aliphatic rings. The minimum atomic E-state index is -1.39. The lowest BCUT2D eigenvalue weighted by Crippen LogP contribution is -2.37. The van der Waals surface area contributed by atoms with Crippen molar-refractivity contribution in [2.24, 2.45) is 5.16 Å². The Morgan fingerprint density at radius 1 is 1.23 bits per heavy atom. The van der Waals surface area contributed by atoms with E-state index in [0.29, 0.717) is 11.3 Å². The van der Waals surface area contributed by atoms with Crippen LogP contribution in [0, 0.1) is 5.82 Å². The molecule has 0 amide bonds. The summed E-state index contributed by atoms with van der Waals surface area (Å²) in [5, 5.41) is 4.02. The summed E-state index contributed by atoms with van der Waals surface area (Å²) in [6, 6.07) is 9.09. The van der Waals surface area contributed by atoms with Crippen molar-refractivity contribution in [1.29, 1.82) is 0 Å². The first kappa shape index (κ1) is 14.2. The van der Waals surface area contributed by atoms with E-state index in [1.165, 1.54) is 31.4 Å². The van der Waals surface area contributed by atoms with Gasteiger partial charge in [-0.1, -0.05) is 17.3 Å². The Morgan fingerprint density at radius 3 is 2.55 bits per heavy atom. The van der Waals surface area contributed by atoms with E-state index in [9.17, 15) is 9.18 Å². The molecule has 112 valence electrons. The minimum absolute atomic E-state index is 0.204. The van der Waals surface area contributed by atoms with Crippen LogP contribution in [0.2, 0.25) is 0 Å². The van der Waals surface area contributed by atoms with E-state index in [-0.39, 0.29) is 6.42 Å². The molecule has 0 aliphatic carbocycles. The maximum Gasteiger partial charge on any atom is 0.358 e. The predicted octanol–water partition coefficient (Wildman–Crippen LogP) is 2.41. The normalized spacial score (nSPS) is 20.2. The van der Waals surface area contributed by atoms with Crippen molar-refractivity contribution in [2.45, 2.75) is 12.0 Å². The number of carbonyl (C=O) groups is 1. The zero-order chi connectivity index (χ0) is 15.6. The van der Waals surface area contributed by atoms with Crippen molar-refractivity contribution in [2.75, 3.05) is 7.11 Å². The molecule has 0 saturated carbocycles. The Bertz CT molecular complexity index is 716. The van der Waals surface area contributed by atoms with Crippen LogP contribution in [0.4, 0.5) is 4.39 Å². The lowest BCUT2D eigenvalue weighted by molar-refractivity contribution is -0.167. The smallest absolute Gasteiger partial charge is 0.358 e. The molecule has 0 spiro atoms. The molecule has 2 aromatic rings. The van der Waals surface area contributed by atoms with Crippen molar-refractivity contribution in [3.05, 3.63) is 65.7 Å². The molecule has 6 heteroatoms. The van der Waals surface area contributed by atoms with Gasteiger partial charge < -0.3 is 9.57 Å². The van der Waals surface area contributed by atoms with Gasteiger partial charge in [-0.15, -0.1) is 0 Å². The fourth-order valence-corrected chi connectivity index (χ4v) is 2.40. The topological polar surface area (TPSA) is 60.8 Å². The molecule has 2 heterocycles. The first-order valence-corrected chi connectivity index (χ1v) is 6.65. The number of hydrogen-bond donors (Lipinski definition) is 0. The summed E-state index contributed by atoms with van der Waals surface area (Å²) < 4.78 is 18.0. The largest absolute Gasteiger partial charge is 0.466 e. The standard InChI is InChI=1S/C16H13FN2O3/c1-21-15(20)16(12-2-4-13(17)5-3-12)10-14(19-22-16)11-6-8-18-9-7-11/h2-9H,10H2,1H3. The molecule has 1 aromatic heterocycles. The maximum atomic E-state index is 13.1. The van der Waals surface area contributed by atoms with E-state index < -0.39 is 17.4 Å². The molecular formula is C16H13FN2O3. The van der Waals surface area contributed by atoms with E-state index in [1.54, 1.807) is 24.5 Å². The third kappa shape index (κ3) is 2.32. The molecule has 3 rings (SSSR count). The molecule has 0 radical (unpaired) electrons. The van der Waals surface area contributed by atoms with Gasteiger partial charge in [0.15, 0.2) is 0 Å². The number of hydrogen-bond acceptors (Lipinski definition) is 5. The highest BCUT2D eigenvalue weighted by molar-refractivity contribution is 6.04. The quantitative estimate of drug-likeness (QED) is 0.817. The number of halogens is 1. The van der Waals surface area contributed by atoms with Crippen molar-refractivity contribution in [3.8, 4) is 0 Å². The first-order valence-electron chi connectivity index (χ1n) is 6.65. The number of pyridine rings is 1. The number of ether oxygens (including phenoxy) is 1. The van der Waals surface area contributed by atoms with Crippen LogP contribution >= 0.6 is 0 Å². The van der Waals surface area contributed by atoms with Gasteiger partial charge in [0.2, 0.25) is 0 Å². The van der Waals surface area contributed by atoms with Crippen LogP contribution in [0.5, 0.6) is 0 Å². The number of benzene rings is 1. The molecule has 22 heavy (non-hydrogen) atoms. The molecule has 0 N–H and O–H groups in total. The Balaban J connectivity index is 1.97. The van der Waals surface area contributed by atoms with E-state index in [0.717, 1.165) is 5.56 Å². The van der Waals surface area contributed by atoms with Gasteiger partial charge in [0.25, 0.3) is 5.60 Å². The molecular weight excluding hydrogens is 287 g/mol. The Morgan fingerprint density at radius 2 is 1.91 bits per heavy atom. The number of nitrogens with zero attached hydrogens (tertiary/aromatic N) is 2. The van der Waals surface area contributed by atoms with Crippen LogP contribution in [-0.2, 0) is 20.0 Å². The van der Waals surface area contributed by atoms with Crippen LogP contribution in [0.25, 0.3) is 0 Å². The number of esters is 1. The molecule has 0 bridgehead atoms. The van der Waals surface area contributed by atoms with Crippen LogP contribution in [0.1, 0.15) is 17.5 Å². The minimum Gasteiger partial charge on any atom is -0.466 e. The van der Waals surface area contributed by atoms with Crippen molar-refractivity contribution < 1.29 is 18.8 Å². The Hall–Kier alpha value is -2.76. The maximum absolute atomic E-state index is 13.1. The average molecular weight is 300 g/mol. The summed E-state index contributed by atoms with van der Waals surface area (Å²) in [7, 11) is 1.28. The highest BCUT2D eigenvalue weighted by atomic mass is 19.1. The zero-order valence-corrected chi connectivity index (χ0v) is 11.8. The van der Waals surface area contributed by atoms with Gasteiger partial charge in [-0.2, -0.15) is 0 Å². The molecule has 0 fully saturated rings. The molecule has 1 aromatic carbocycles. The SMILES string of the molecule is COC(=O)C1(c2ccc(F)cc2)CC(c2ccncc2)=NO1. The Kier molecular flexibility index (Phi) is 3.58. The van der Waals surface area contributed by atoms with Crippen LogP contribution in [0.3, 0.4) is 0 Å². The second-order valence-electron chi connectivity index (χ2n) is 4.87. The average Bonchev–Trinajstić information content (AvgIpc) is 3.02. The summed E-state index contributed by atoms with van der Waals surface area (Å²) in [5.41, 5.74) is 0.523. The lowest BCUT2D eigenvalue weighted by atomic mass is 9.87. The second-order valence-corrected chi connectivity index (χ2v) is 4.87. The Labute approximate surface area is 126 Å². The second kappa shape index (κ2) is 5.55. The number of aromatic nitrogens is 1. The van der Waals surface area contributed by atoms with E-state index in [4.69, 9.17) is 9.57 Å². The highest BCUT2D eigenvalue weighted by Crippen LogP contribution is 2.37. The van der Waals surface area contributed by atoms with Gasteiger partial charge in [-0.05, 0) is 24.3 Å². The van der Waals surface area contributed by atoms with E-state index in [1.807, 2.05) is 0 Å². The molecule has 1 unspecified atom stereocenters. The highest BCUT2D eigenvalue weighted by Gasteiger charge is 2.49. The fraction of sp³-hybridized carbons (Fsp3) is 0.188. The number of methoxy groups -OCH3 is 1. The summed E-state index contributed by atoms with van der Waals surface area (Å²) in [5.74, 6) is -0.969. The van der Waals surface area contributed by atoms with Gasteiger partial charge in [0.05, 0.1) is 19.2 Å². The predicted molar refractivity (Wildman–Crippen MR) is 76.6 cm³/mol. The van der Waals surface area contributed by atoms with Crippen LogP contribution in [0.15, 0.2) is 53.9 Å². The van der Waals surface area contributed by atoms with Gasteiger partial charge in [-0.25, -0.2) is 9.18 Å². The third-order valence-corrected chi connectivity index (χ3v) is 3.57. The van der Waals surface area contributed by atoms with Gasteiger partial charge in [-0.3, -0.25) is 4.98 Å². The van der Waals surface area contributed by atoms with Gasteiger partial charge >= 0.3 is 5.97 Å². The van der Waals surface area contributed by atoms with E-state index >= 15 is 0 Å². The zero-order valence-electron chi connectivity index (χ0n) is 11.8. The van der Waals surface area contributed by atoms with Crippen LogP contribution < -0.4 is 0 Å². The molecule has 0 saturated heterocycles. The summed E-state index contributed by atoms with van der Waals surface area (Å²) in [6.07, 6.45) is 3.47.